The van der Waals surface area contributed by atoms with Crippen LogP contribution >= 0.6 is 0 Å². The van der Waals surface area contributed by atoms with Gasteiger partial charge in [0.15, 0.2) is 5.65 Å². The maximum atomic E-state index is 13.2. The van der Waals surface area contributed by atoms with Gasteiger partial charge in [-0.25, -0.2) is 13.3 Å². The number of nitrogens with zero attached hydrogens (tertiary/aromatic N) is 4. The monoisotopic (exact) mass is 429 g/mol. The lowest BCUT2D eigenvalue weighted by Crippen LogP contribution is -2.60. The number of alkyl halides is 2. The van der Waals surface area contributed by atoms with Gasteiger partial charge in [0.25, 0.3) is 5.92 Å². The standard InChI is InChI=1S/C22H25F2N5O2/c23-22(24)10-15(22)19(31)28-11-21(12-28)8-6-13(7-9-21)16-2-1-3-17-25-20(27-29(16)17)26-18(30)14-4-5-14/h1-3,13-15H,4-12H2,(H,26,27,30). The molecule has 3 heterocycles. The zero-order chi connectivity index (χ0) is 21.4. The Kier molecular flexibility index (Phi) is 3.99. The molecule has 164 valence electrons. The molecule has 0 aromatic carbocycles. The molecule has 2 aromatic heterocycles. The predicted molar refractivity (Wildman–Crippen MR) is 108 cm³/mol. The van der Waals surface area contributed by atoms with Gasteiger partial charge in [0.1, 0.15) is 5.92 Å². The van der Waals surface area contributed by atoms with Crippen LogP contribution in [0.2, 0.25) is 0 Å². The molecule has 2 aromatic rings. The minimum absolute atomic E-state index is 0.00916. The molecular formula is C22H25F2N5O2. The number of hydrogen-bond acceptors (Lipinski definition) is 4. The summed E-state index contributed by atoms with van der Waals surface area (Å²) in [5.41, 5.74) is 1.88. The number of anilines is 1. The zero-order valence-electron chi connectivity index (χ0n) is 17.2. The van der Waals surface area contributed by atoms with Crippen LogP contribution in [-0.2, 0) is 9.59 Å². The highest BCUT2D eigenvalue weighted by atomic mass is 19.3. The summed E-state index contributed by atoms with van der Waals surface area (Å²) in [6, 6.07) is 5.91. The number of carbonyl (C=O) groups excluding carboxylic acids is 2. The molecule has 4 fully saturated rings. The number of rotatable bonds is 4. The van der Waals surface area contributed by atoms with E-state index in [-0.39, 0.29) is 29.6 Å². The first kappa shape index (κ1) is 19.1. The van der Waals surface area contributed by atoms with Crippen molar-refractivity contribution in [2.24, 2.45) is 17.3 Å². The number of carbonyl (C=O) groups is 2. The van der Waals surface area contributed by atoms with Crippen LogP contribution in [0.15, 0.2) is 18.2 Å². The van der Waals surface area contributed by atoms with E-state index in [9.17, 15) is 18.4 Å². The summed E-state index contributed by atoms with van der Waals surface area (Å²) in [7, 11) is 0. The Morgan fingerprint density at radius 3 is 2.45 bits per heavy atom. The minimum atomic E-state index is -2.79. The number of pyridine rings is 1. The molecule has 3 aliphatic carbocycles. The third-order valence-electron chi connectivity index (χ3n) is 7.52. The van der Waals surface area contributed by atoms with Gasteiger partial charge in [0, 0.05) is 42.5 Å². The lowest BCUT2D eigenvalue weighted by molar-refractivity contribution is -0.149. The first-order valence-electron chi connectivity index (χ1n) is 11.2. The molecular weight excluding hydrogens is 404 g/mol. The van der Waals surface area contributed by atoms with Crippen molar-refractivity contribution < 1.29 is 18.4 Å². The fourth-order valence-corrected chi connectivity index (χ4v) is 5.31. The number of aromatic nitrogens is 3. The van der Waals surface area contributed by atoms with Crippen LogP contribution in [-0.4, -0.2) is 50.3 Å². The minimum Gasteiger partial charge on any atom is -0.341 e. The summed E-state index contributed by atoms with van der Waals surface area (Å²) in [5, 5.41) is 7.35. The third kappa shape index (κ3) is 3.29. The molecule has 31 heavy (non-hydrogen) atoms. The van der Waals surface area contributed by atoms with E-state index in [1.165, 1.54) is 0 Å². The van der Waals surface area contributed by atoms with Gasteiger partial charge in [-0.3, -0.25) is 14.9 Å². The van der Waals surface area contributed by atoms with Gasteiger partial charge in [-0.2, -0.15) is 4.98 Å². The molecule has 1 atom stereocenters. The largest absolute Gasteiger partial charge is 0.341 e. The summed E-state index contributed by atoms with van der Waals surface area (Å²) in [5.74, 6) is -3.48. The summed E-state index contributed by atoms with van der Waals surface area (Å²) in [6.07, 6.45) is 5.44. The molecule has 4 aliphatic rings. The van der Waals surface area contributed by atoms with Crippen LogP contribution in [0.4, 0.5) is 14.7 Å². The van der Waals surface area contributed by atoms with Crippen molar-refractivity contribution in [3.63, 3.8) is 0 Å². The van der Waals surface area contributed by atoms with Gasteiger partial charge < -0.3 is 4.90 Å². The van der Waals surface area contributed by atoms with Crippen molar-refractivity contribution in [1.82, 2.24) is 19.5 Å². The molecule has 1 saturated heterocycles. The second-order valence-corrected chi connectivity index (χ2v) is 9.91. The number of halogens is 2. The molecule has 1 unspecified atom stereocenters. The van der Waals surface area contributed by atoms with Crippen molar-refractivity contribution in [3.05, 3.63) is 23.9 Å². The van der Waals surface area contributed by atoms with Gasteiger partial charge in [-0.15, -0.1) is 5.10 Å². The topological polar surface area (TPSA) is 79.6 Å². The maximum absolute atomic E-state index is 13.2. The second kappa shape index (κ2) is 6.46. The highest BCUT2D eigenvalue weighted by Crippen LogP contribution is 2.53. The Hall–Kier alpha value is -2.58. The van der Waals surface area contributed by atoms with Crippen LogP contribution in [0.5, 0.6) is 0 Å². The van der Waals surface area contributed by atoms with Crippen LogP contribution < -0.4 is 5.32 Å². The second-order valence-electron chi connectivity index (χ2n) is 9.91. The van der Waals surface area contributed by atoms with E-state index in [4.69, 9.17) is 0 Å². The number of nitrogens with one attached hydrogen (secondary N) is 1. The smallest absolute Gasteiger partial charge is 0.260 e. The van der Waals surface area contributed by atoms with Gasteiger partial charge in [-0.05, 0) is 50.7 Å². The molecule has 0 radical (unpaired) electrons. The molecule has 2 amide bonds. The summed E-state index contributed by atoms with van der Waals surface area (Å²) in [4.78, 5) is 30.3. The summed E-state index contributed by atoms with van der Waals surface area (Å²) < 4.78 is 28.2. The lowest BCUT2D eigenvalue weighted by Gasteiger charge is -2.53. The van der Waals surface area contributed by atoms with Gasteiger partial charge in [0.2, 0.25) is 17.8 Å². The summed E-state index contributed by atoms with van der Waals surface area (Å²) >= 11 is 0. The Morgan fingerprint density at radius 1 is 1.10 bits per heavy atom. The number of amides is 2. The number of likely N-dealkylation sites (tertiary alicyclic amines) is 1. The van der Waals surface area contributed by atoms with E-state index in [1.54, 1.807) is 4.90 Å². The van der Waals surface area contributed by atoms with E-state index in [0.717, 1.165) is 49.9 Å². The first-order chi connectivity index (χ1) is 14.8. The highest BCUT2D eigenvalue weighted by Gasteiger charge is 2.64. The summed E-state index contributed by atoms with van der Waals surface area (Å²) in [6.45, 7) is 1.21. The predicted octanol–water partition coefficient (Wildman–Crippen LogP) is 3.22. The van der Waals surface area contributed by atoms with E-state index in [1.807, 2.05) is 16.6 Å². The number of hydrogen-bond donors (Lipinski definition) is 1. The van der Waals surface area contributed by atoms with E-state index in [0.29, 0.717) is 25.0 Å². The van der Waals surface area contributed by atoms with E-state index < -0.39 is 11.8 Å². The Morgan fingerprint density at radius 2 is 1.81 bits per heavy atom. The fraction of sp³-hybridized carbons (Fsp3) is 0.636. The van der Waals surface area contributed by atoms with Crippen LogP contribution in [0, 0.1) is 17.3 Å². The van der Waals surface area contributed by atoms with Gasteiger partial charge >= 0.3 is 0 Å². The zero-order valence-corrected chi connectivity index (χ0v) is 17.2. The lowest BCUT2D eigenvalue weighted by atomic mass is 9.65. The molecule has 1 spiro atoms. The van der Waals surface area contributed by atoms with Crippen LogP contribution in [0.25, 0.3) is 5.65 Å². The average molecular weight is 429 g/mol. The van der Waals surface area contributed by atoms with Crippen molar-refractivity contribution in [2.45, 2.75) is 56.8 Å². The highest BCUT2D eigenvalue weighted by molar-refractivity contribution is 5.92. The Balaban J connectivity index is 1.11. The molecule has 3 saturated carbocycles. The molecule has 1 N–H and O–H groups in total. The van der Waals surface area contributed by atoms with Crippen molar-refractivity contribution in [1.29, 1.82) is 0 Å². The van der Waals surface area contributed by atoms with Crippen molar-refractivity contribution >= 4 is 23.4 Å². The molecule has 1 aliphatic heterocycles. The molecule has 6 rings (SSSR count). The number of fused-ring (bicyclic) bond motifs is 1. The molecule has 9 heteroatoms. The Bertz CT molecular complexity index is 1060. The van der Waals surface area contributed by atoms with Gasteiger partial charge in [0.05, 0.1) is 0 Å². The fourth-order valence-electron chi connectivity index (χ4n) is 5.31. The normalized spacial score (nSPS) is 26.6. The van der Waals surface area contributed by atoms with Crippen molar-refractivity contribution in [2.75, 3.05) is 18.4 Å². The van der Waals surface area contributed by atoms with Gasteiger partial charge in [-0.1, -0.05) is 6.07 Å². The first-order valence-corrected chi connectivity index (χ1v) is 11.2. The SMILES string of the molecule is O=C(Nc1nc2cccc(C3CCC4(CC3)CN(C(=O)C3CC3(F)F)C4)n2n1)C1CC1. The van der Waals surface area contributed by atoms with Crippen LogP contribution in [0.3, 0.4) is 0 Å². The quantitative estimate of drug-likeness (QED) is 0.810. The van der Waals surface area contributed by atoms with Crippen LogP contribution in [0.1, 0.15) is 56.6 Å². The molecule has 7 nitrogen and oxygen atoms in total. The maximum Gasteiger partial charge on any atom is 0.260 e. The van der Waals surface area contributed by atoms with Crippen molar-refractivity contribution in [3.8, 4) is 0 Å². The average Bonchev–Trinajstić information content (AvgIpc) is 3.62. The Labute approximate surface area is 178 Å². The van der Waals surface area contributed by atoms with E-state index in [2.05, 4.69) is 21.5 Å². The molecule has 0 bridgehead atoms. The third-order valence-corrected chi connectivity index (χ3v) is 7.52. The van der Waals surface area contributed by atoms with E-state index >= 15 is 0 Å².